The summed E-state index contributed by atoms with van der Waals surface area (Å²) in [6.45, 7) is 7.72. The van der Waals surface area contributed by atoms with Crippen molar-refractivity contribution in [2.24, 2.45) is 5.92 Å². The van der Waals surface area contributed by atoms with Gasteiger partial charge in [-0.1, -0.05) is 0 Å². The molecule has 0 aromatic heterocycles. The molecular formula is C11H23N3O. The van der Waals surface area contributed by atoms with Crippen molar-refractivity contribution in [1.29, 1.82) is 0 Å². The fourth-order valence-electron chi connectivity index (χ4n) is 1.86. The highest BCUT2D eigenvalue weighted by Crippen LogP contribution is 2.08. The second-order valence-corrected chi connectivity index (χ2v) is 4.24. The number of hydrogen-bond donors (Lipinski definition) is 3. The maximum Gasteiger partial charge on any atom is 0.236 e. The molecule has 3 N–H and O–H groups in total. The Labute approximate surface area is 92.2 Å². The van der Waals surface area contributed by atoms with Crippen LogP contribution >= 0.6 is 0 Å². The molecule has 1 aliphatic heterocycles. The predicted octanol–water partition coefficient (Wildman–Crippen LogP) is 0.100. The number of carbonyl (C=O) groups is 1. The normalized spacial score (nSPS) is 23.5. The van der Waals surface area contributed by atoms with Gasteiger partial charge in [-0.2, -0.15) is 0 Å². The van der Waals surface area contributed by atoms with Crippen LogP contribution in [0, 0.1) is 5.92 Å². The number of hydrogen-bond acceptors (Lipinski definition) is 3. The second-order valence-electron chi connectivity index (χ2n) is 4.24. The van der Waals surface area contributed by atoms with E-state index >= 15 is 0 Å². The highest BCUT2D eigenvalue weighted by molar-refractivity contribution is 5.81. The molecule has 0 bridgehead atoms. The third kappa shape index (κ3) is 4.62. The third-order valence-corrected chi connectivity index (χ3v) is 2.86. The molecule has 1 heterocycles. The van der Waals surface area contributed by atoms with Gasteiger partial charge < -0.3 is 16.0 Å². The minimum Gasteiger partial charge on any atom is -0.355 e. The number of rotatable bonds is 5. The molecule has 0 saturated carbocycles. The first-order valence-corrected chi connectivity index (χ1v) is 5.95. The SMILES string of the molecule is CCNC(=O)C(C)NCC1CCCNC1. The Hall–Kier alpha value is -0.610. The Kier molecular flexibility index (Phi) is 5.65. The molecule has 0 aromatic carbocycles. The Bertz CT molecular complexity index is 190. The average Bonchev–Trinajstić information content (AvgIpc) is 2.27. The fraction of sp³-hybridized carbons (Fsp3) is 0.909. The van der Waals surface area contributed by atoms with Gasteiger partial charge >= 0.3 is 0 Å². The van der Waals surface area contributed by atoms with Crippen LogP contribution in [0.25, 0.3) is 0 Å². The van der Waals surface area contributed by atoms with Gasteiger partial charge in [0.2, 0.25) is 5.91 Å². The first kappa shape index (κ1) is 12.5. The quantitative estimate of drug-likeness (QED) is 0.607. The van der Waals surface area contributed by atoms with Gasteiger partial charge in [-0.15, -0.1) is 0 Å². The van der Waals surface area contributed by atoms with Gasteiger partial charge in [0.05, 0.1) is 6.04 Å². The van der Waals surface area contributed by atoms with Gasteiger partial charge in [0, 0.05) is 6.54 Å². The summed E-state index contributed by atoms with van der Waals surface area (Å²) < 4.78 is 0. The smallest absolute Gasteiger partial charge is 0.236 e. The summed E-state index contributed by atoms with van der Waals surface area (Å²) in [5, 5.41) is 9.47. The molecule has 1 aliphatic rings. The van der Waals surface area contributed by atoms with Gasteiger partial charge in [0.25, 0.3) is 0 Å². The van der Waals surface area contributed by atoms with Crippen LogP contribution in [-0.2, 0) is 4.79 Å². The fourth-order valence-corrected chi connectivity index (χ4v) is 1.86. The zero-order valence-corrected chi connectivity index (χ0v) is 9.81. The van der Waals surface area contributed by atoms with E-state index in [0.29, 0.717) is 12.5 Å². The standard InChI is InChI=1S/C11H23N3O/c1-3-13-11(15)9(2)14-8-10-5-4-6-12-7-10/h9-10,12,14H,3-8H2,1-2H3,(H,13,15). The predicted molar refractivity (Wildman–Crippen MR) is 61.7 cm³/mol. The molecule has 0 radical (unpaired) electrons. The molecule has 15 heavy (non-hydrogen) atoms. The molecule has 4 heteroatoms. The van der Waals surface area contributed by atoms with Crippen molar-refractivity contribution < 1.29 is 4.79 Å². The van der Waals surface area contributed by atoms with E-state index in [1.165, 1.54) is 12.8 Å². The van der Waals surface area contributed by atoms with Crippen molar-refractivity contribution in [2.45, 2.75) is 32.7 Å². The number of carbonyl (C=O) groups excluding carboxylic acids is 1. The summed E-state index contributed by atoms with van der Waals surface area (Å²) >= 11 is 0. The summed E-state index contributed by atoms with van der Waals surface area (Å²) in [7, 11) is 0. The average molecular weight is 213 g/mol. The van der Waals surface area contributed by atoms with E-state index in [1.807, 2.05) is 13.8 Å². The van der Waals surface area contributed by atoms with E-state index in [-0.39, 0.29) is 11.9 Å². The van der Waals surface area contributed by atoms with Gasteiger partial charge in [0.15, 0.2) is 0 Å². The molecule has 1 amide bonds. The van der Waals surface area contributed by atoms with Gasteiger partial charge in [0.1, 0.15) is 0 Å². The van der Waals surface area contributed by atoms with Crippen LogP contribution in [0.4, 0.5) is 0 Å². The summed E-state index contributed by atoms with van der Waals surface area (Å²) in [6.07, 6.45) is 2.52. The van der Waals surface area contributed by atoms with Gasteiger partial charge in [-0.05, 0) is 52.2 Å². The molecule has 88 valence electrons. The first-order chi connectivity index (χ1) is 7.24. The zero-order chi connectivity index (χ0) is 11.1. The maximum absolute atomic E-state index is 11.4. The minimum atomic E-state index is -0.0770. The van der Waals surface area contributed by atoms with Crippen LogP contribution in [0.15, 0.2) is 0 Å². The molecule has 4 nitrogen and oxygen atoms in total. The number of amides is 1. The zero-order valence-electron chi connectivity index (χ0n) is 9.81. The van der Waals surface area contributed by atoms with Crippen molar-refractivity contribution in [3.8, 4) is 0 Å². The lowest BCUT2D eigenvalue weighted by atomic mass is 9.99. The number of piperidine rings is 1. The van der Waals surface area contributed by atoms with Crippen LogP contribution in [0.3, 0.4) is 0 Å². The van der Waals surface area contributed by atoms with E-state index in [4.69, 9.17) is 0 Å². The van der Waals surface area contributed by atoms with Crippen molar-refractivity contribution in [1.82, 2.24) is 16.0 Å². The molecule has 1 saturated heterocycles. The molecular weight excluding hydrogens is 190 g/mol. The lowest BCUT2D eigenvalue weighted by Crippen LogP contribution is -2.45. The summed E-state index contributed by atoms with van der Waals surface area (Å²) in [4.78, 5) is 11.4. The van der Waals surface area contributed by atoms with Crippen LogP contribution < -0.4 is 16.0 Å². The van der Waals surface area contributed by atoms with Crippen LogP contribution in [0.5, 0.6) is 0 Å². The van der Waals surface area contributed by atoms with E-state index in [1.54, 1.807) is 0 Å². The van der Waals surface area contributed by atoms with Crippen LogP contribution in [-0.4, -0.2) is 38.1 Å². The lowest BCUT2D eigenvalue weighted by Gasteiger charge is -2.24. The van der Waals surface area contributed by atoms with E-state index in [0.717, 1.165) is 19.6 Å². The lowest BCUT2D eigenvalue weighted by molar-refractivity contribution is -0.122. The van der Waals surface area contributed by atoms with Crippen molar-refractivity contribution in [3.63, 3.8) is 0 Å². The third-order valence-electron chi connectivity index (χ3n) is 2.86. The molecule has 2 unspecified atom stereocenters. The number of nitrogens with one attached hydrogen (secondary N) is 3. The number of likely N-dealkylation sites (N-methyl/N-ethyl adjacent to an activating group) is 1. The Morgan fingerprint density at radius 3 is 3.00 bits per heavy atom. The Morgan fingerprint density at radius 1 is 1.60 bits per heavy atom. The molecule has 0 aromatic rings. The molecule has 1 fully saturated rings. The van der Waals surface area contributed by atoms with Gasteiger partial charge in [-0.3, -0.25) is 4.79 Å². The van der Waals surface area contributed by atoms with Crippen molar-refractivity contribution in [2.75, 3.05) is 26.2 Å². The van der Waals surface area contributed by atoms with E-state index in [2.05, 4.69) is 16.0 Å². The monoisotopic (exact) mass is 213 g/mol. The molecule has 1 rings (SSSR count). The van der Waals surface area contributed by atoms with Crippen molar-refractivity contribution >= 4 is 5.91 Å². The topological polar surface area (TPSA) is 53.2 Å². The summed E-state index contributed by atoms with van der Waals surface area (Å²) in [5.74, 6) is 0.775. The first-order valence-electron chi connectivity index (χ1n) is 5.95. The highest BCUT2D eigenvalue weighted by atomic mass is 16.2. The highest BCUT2D eigenvalue weighted by Gasteiger charge is 2.16. The molecule has 0 aliphatic carbocycles. The summed E-state index contributed by atoms with van der Waals surface area (Å²) in [5.41, 5.74) is 0. The maximum atomic E-state index is 11.4. The largest absolute Gasteiger partial charge is 0.355 e. The molecule has 0 spiro atoms. The van der Waals surface area contributed by atoms with Crippen LogP contribution in [0.2, 0.25) is 0 Å². The van der Waals surface area contributed by atoms with Crippen LogP contribution in [0.1, 0.15) is 26.7 Å². The van der Waals surface area contributed by atoms with E-state index < -0.39 is 0 Å². The Morgan fingerprint density at radius 2 is 2.40 bits per heavy atom. The molecule has 2 atom stereocenters. The van der Waals surface area contributed by atoms with Gasteiger partial charge in [-0.25, -0.2) is 0 Å². The van der Waals surface area contributed by atoms with Crippen molar-refractivity contribution in [3.05, 3.63) is 0 Å². The Balaban J connectivity index is 2.14. The second kappa shape index (κ2) is 6.80. The minimum absolute atomic E-state index is 0.0770. The van der Waals surface area contributed by atoms with E-state index in [9.17, 15) is 4.79 Å². The summed E-state index contributed by atoms with van der Waals surface area (Å²) in [6, 6.07) is -0.0770.